The summed E-state index contributed by atoms with van der Waals surface area (Å²) in [4.78, 5) is 0. The standard InChI is InChI=1S/C21H15Cl3N2O/c22-13-10-16(21(27)18(24)11-13)20-12-19(15-8-4-5-9-17(15)23)25-26(20)14-6-2-1-3-7-14/h1-11,20,27H,12H2/t20-/m1/s1. The number of hydrogen-bond donors (Lipinski definition) is 1. The summed E-state index contributed by atoms with van der Waals surface area (Å²) < 4.78 is 0. The van der Waals surface area contributed by atoms with Crippen molar-refractivity contribution >= 4 is 46.2 Å². The molecule has 0 saturated carbocycles. The molecule has 0 aliphatic carbocycles. The fourth-order valence-corrected chi connectivity index (χ4v) is 4.02. The van der Waals surface area contributed by atoms with E-state index in [9.17, 15) is 5.11 Å². The Bertz CT molecular complexity index is 1020. The van der Waals surface area contributed by atoms with E-state index in [0.717, 1.165) is 17.0 Å². The molecule has 4 rings (SSSR count). The Labute approximate surface area is 172 Å². The monoisotopic (exact) mass is 416 g/mol. The van der Waals surface area contributed by atoms with Gasteiger partial charge in [-0.2, -0.15) is 5.10 Å². The van der Waals surface area contributed by atoms with Crippen molar-refractivity contribution in [2.75, 3.05) is 5.01 Å². The first kappa shape index (κ1) is 18.2. The van der Waals surface area contributed by atoms with Crippen LogP contribution in [0.25, 0.3) is 0 Å². The largest absolute Gasteiger partial charge is 0.506 e. The van der Waals surface area contributed by atoms with Gasteiger partial charge >= 0.3 is 0 Å². The van der Waals surface area contributed by atoms with Crippen LogP contribution >= 0.6 is 34.8 Å². The fraction of sp³-hybridized carbons (Fsp3) is 0.0952. The quantitative estimate of drug-likeness (QED) is 0.514. The molecule has 0 radical (unpaired) electrons. The predicted molar refractivity (Wildman–Crippen MR) is 112 cm³/mol. The lowest BCUT2D eigenvalue weighted by molar-refractivity contribution is 0.461. The molecular weight excluding hydrogens is 403 g/mol. The minimum atomic E-state index is -0.255. The Morgan fingerprint density at radius 1 is 0.889 bits per heavy atom. The Morgan fingerprint density at radius 3 is 2.33 bits per heavy atom. The van der Waals surface area contributed by atoms with Crippen molar-refractivity contribution in [2.45, 2.75) is 12.5 Å². The normalized spacial score (nSPS) is 16.5. The first-order valence-corrected chi connectivity index (χ1v) is 9.52. The molecule has 1 aliphatic heterocycles. The van der Waals surface area contributed by atoms with Gasteiger partial charge in [0.15, 0.2) is 0 Å². The third-order valence-corrected chi connectivity index (χ3v) is 5.37. The highest BCUT2D eigenvalue weighted by Crippen LogP contribution is 2.43. The van der Waals surface area contributed by atoms with E-state index in [2.05, 4.69) is 0 Å². The van der Waals surface area contributed by atoms with Crippen LogP contribution in [-0.2, 0) is 0 Å². The number of aromatic hydroxyl groups is 1. The van der Waals surface area contributed by atoms with Crippen molar-refractivity contribution in [3.8, 4) is 5.75 Å². The van der Waals surface area contributed by atoms with E-state index in [1.807, 2.05) is 59.6 Å². The van der Waals surface area contributed by atoms with E-state index < -0.39 is 0 Å². The number of halogens is 3. The van der Waals surface area contributed by atoms with E-state index in [4.69, 9.17) is 39.9 Å². The molecule has 1 atom stereocenters. The Balaban J connectivity index is 1.83. The van der Waals surface area contributed by atoms with Crippen LogP contribution in [0.15, 0.2) is 71.8 Å². The molecule has 1 heterocycles. The molecule has 136 valence electrons. The molecule has 3 nitrogen and oxygen atoms in total. The molecule has 0 saturated heterocycles. The van der Waals surface area contributed by atoms with Crippen LogP contribution in [0.1, 0.15) is 23.6 Å². The SMILES string of the molecule is Oc1c(Cl)cc(Cl)cc1[C@H]1CC(c2ccccc2Cl)=NN1c1ccccc1. The lowest BCUT2D eigenvalue weighted by atomic mass is 9.97. The number of hydrazone groups is 1. The van der Waals surface area contributed by atoms with E-state index in [0.29, 0.717) is 22.0 Å². The zero-order chi connectivity index (χ0) is 19.0. The summed E-state index contributed by atoms with van der Waals surface area (Å²) in [5, 5.41) is 18.6. The maximum Gasteiger partial charge on any atom is 0.139 e. The van der Waals surface area contributed by atoms with Crippen molar-refractivity contribution in [1.82, 2.24) is 0 Å². The highest BCUT2D eigenvalue weighted by Gasteiger charge is 2.33. The molecule has 3 aromatic carbocycles. The average molecular weight is 418 g/mol. The molecule has 0 spiro atoms. The average Bonchev–Trinajstić information content (AvgIpc) is 3.10. The molecular formula is C21H15Cl3N2O. The maximum atomic E-state index is 10.6. The number of benzene rings is 3. The van der Waals surface area contributed by atoms with Crippen LogP contribution in [0.2, 0.25) is 15.1 Å². The third kappa shape index (κ3) is 3.51. The minimum absolute atomic E-state index is 0.0163. The first-order chi connectivity index (χ1) is 13.0. The fourth-order valence-electron chi connectivity index (χ4n) is 3.27. The molecule has 0 fully saturated rings. The maximum absolute atomic E-state index is 10.6. The lowest BCUT2D eigenvalue weighted by Crippen LogP contribution is -2.18. The van der Waals surface area contributed by atoms with E-state index in [1.165, 1.54) is 6.07 Å². The van der Waals surface area contributed by atoms with E-state index >= 15 is 0 Å². The van der Waals surface area contributed by atoms with E-state index in [-0.39, 0.29) is 16.8 Å². The highest BCUT2D eigenvalue weighted by molar-refractivity contribution is 6.36. The van der Waals surface area contributed by atoms with Crippen molar-refractivity contribution < 1.29 is 5.11 Å². The summed E-state index contributed by atoms with van der Waals surface area (Å²) >= 11 is 18.7. The minimum Gasteiger partial charge on any atom is -0.506 e. The van der Waals surface area contributed by atoms with Crippen molar-refractivity contribution in [3.05, 3.63) is 92.9 Å². The van der Waals surface area contributed by atoms with Gasteiger partial charge < -0.3 is 5.11 Å². The second-order valence-electron chi connectivity index (χ2n) is 6.25. The molecule has 1 N–H and O–H groups in total. The number of anilines is 1. The van der Waals surface area contributed by atoms with Gasteiger partial charge in [0, 0.05) is 27.6 Å². The smallest absolute Gasteiger partial charge is 0.139 e. The second-order valence-corrected chi connectivity index (χ2v) is 7.50. The molecule has 0 aromatic heterocycles. The van der Waals surface area contributed by atoms with Gasteiger partial charge in [-0.05, 0) is 30.3 Å². The number of nitrogens with zero attached hydrogens (tertiary/aromatic N) is 2. The highest BCUT2D eigenvalue weighted by atomic mass is 35.5. The van der Waals surface area contributed by atoms with Crippen molar-refractivity contribution in [1.29, 1.82) is 0 Å². The molecule has 6 heteroatoms. The predicted octanol–water partition coefficient (Wildman–Crippen LogP) is 6.71. The summed E-state index contributed by atoms with van der Waals surface area (Å²) in [6, 6.07) is 20.4. The topological polar surface area (TPSA) is 35.8 Å². The molecule has 3 aromatic rings. The van der Waals surface area contributed by atoms with Crippen LogP contribution < -0.4 is 5.01 Å². The second kappa shape index (κ2) is 7.43. The Hall–Kier alpha value is -2.20. The third-order valence-electron chi connectivity index (χ3n) is 4.53. The van der Waals surface area contributed by atoms with Crippen LogP contribution in [0.4, 0.5) is 5.69 Å². The molecule has 0 amide bonds. The lowest BCUT2D eigenvalue weighted by Gasteiger charge is -2.25. The number of phenols is 1. The van der Waals surface area contributed by atoms with Gasteiger partial charge in [0.1, 0.15) is 5.75 Å². The Morgan fingerprint density at radius 2 is 1.59 bits per heavy atom. The van der Waals surface area contributed by atoms with Crippen molar-refractivity contribution in [3.63, 3.8) is 0 Å². The van der Waals surface area contributed by atoms with Gasteiger partial charge in [-0.3, -0.25) is 5.01 Å². The zero-order valence-corrected chi connectivity index (χ0v) is 16.4. The Kier molecular flexibility index (Phi) is 5.00. The zero-order valence-electron chi connectivity index (χ0n) is 14.1. The van der Waals surface area contributed by atoms with Crippen LogP contribution in [0, 0.1) is 0 Å². The molecule has 0 unspecified atom stereocenters. The summed E-state index contributed by atoms with van der Waals surface area (Å²) in [6.07, 6.45) is 0.558. The van der Waals surface area contributed by atoms with Crippen LogP contribution in [0.3, 0.4) is 0 Å². The van der Waals surface area contributed by atoms with Crippen LogP contribution in [-0.4, -0.2) is 10.8 Å². The number of phenolic OH excluding ortho intramolecular Hbond substituents is 1. The van der Waals surface area contributed by atoms with Gasteiger partial charge in [0.2, 0.25) is 0 Å². The number of para-hydroxylation sites is 1. The molecule has 0 bridgehead atoms. The van der Waals surface area contributed by atoms with Gasteiger partial charge in [0.25, 0.3) is 0 Å². The summed E-state index contributed by atoms with van der Waals surface area (Å²) in [5.74, 6) is 0.0163. The molecule has 1 aliphatic rings. The molecule has 27 heavy (non-hydrogen) atoms. The summed E-state index contributed by atoms with van der Waals surface area (Å²) in [7, 11) is 0. The number of rotatable bonds is 3. The first-order valence-electron chi connectivity index (χ1n) is 8.39. The van der Waals surface area contributed by atoms with Gasteiger partial charge in [0.05, 0.1) is 22.5 Å². The van der Waals surface area contributed by atoms with Crippen LogP contribution in [0.5, 0.6) is 5.75 Å². The van der Waals surface area contributed by atoms with Crippen molar-refractivity contribution in [2.24, 2.45) is 5.10 Å². The van der Waals surface area contributed by atoms with Gasteiger partial charge in [-0.15, -0.1) is 0 Å². The van der Waals surface area contributed by atoms with E-state index in [1.54, 1.807) is 6.07 Å². The summed E-state index contributed by atoms with van der Waals surface area (Å²) in [5.41, 5.74) is 3.24. The van der Waals surface area contributed by atoms with Gasteiger partial charge in [-0.25, -0.2) is 0 Å². The van der Waals surface area contributed by atoms with Gasteiger partial charge in [-0.1, -0.05) is 71.2 Å². The number of hydrogen-bond acceptors (Lipinski definition) is 3. The summed E-state index contributed by atoms with van der Waals surface area (Å²) in [6.45, 7) is 0.